The lowest BCUT2D eigenvalue weighted by atomic mass is 10.0. The number of alkyl halides is 3. The Morgan fingerprint density at radius 3 is 2.85 bits per heavy atom. The van der Waals surface area contributed by atoms with E-state index >= 15 is 0 Å². The number of imidazole rings is 1. The molecule has 0 bridgehead atoms. The van der Waals surface area contributed by atoms with Gasteiger partial charge in [-0.25, -0.2) is 9.78 Å². The molecule has 0 unspecified atom stereocenters. The lowest BCUT2D eigenvalue weighted by Gasteiger charge is -2.23. The first-order valence-electron chi connectivity index (χ1n) is 8.50. The van der Waals surface area contributed by atoms with E-state index in [1.54, 1.807) is 12.1 Å². The number of rotatable bonds is 3. The lowest BCUT2D eigenvalue weighted by molar-refractivity contribution is -0.137. The molecule has 2 N–H and O–H groups in total. The van der Waals surface area contributed by atoms with Crippen molar-refractivity contribution in [1.29, 1.82) is 0 Å². The van der Waals surface area contributed by atoms with Crippen molar-refractivity contribution in [2.75, 3.05) is 19.7 Å². The van der Waals surface area contributed by atoms with Gasteiger partial charge in [0.25, 0.3) is 0 Å². The van der Waals surface area contributed by atoms with E-state index in [1.165, 1.54) is 16.8 Å². The second-order valence-electron chi connectivity index (χ2n) is 6.41. The predicted molar refractivity (Wildman–Crippen MR) is 93.4 cm³/mol. The molecular formula is C18H17F3N4O2. The van der Waals surface area contributed by atoms with Gasteiger partial charge < -0.3 is 10.1 Å². The molecule has 0 amide bonds. The molecule has 1 aromatic carbocycles. The highest BCUT2D eigenvalue weighted by Crippen LogP contribution is 2.32. The molecule has 0 radical (unpaired) electrons. The number of ether oxygens (including phenoxy) is 1. The van der Waals surface area contributed by atoms with Crippen LogP contribution in [0.2, 0.25) is 0 Å². The van der Waals surface area contributed by atoms with E-state index in [-0.39, 0.29) is 11.8 Å². The maximum absolute atomic E-state index is 13.0. The van der Waals surface area contributed by atoms with Crippen LogP contribution in [0, 0.1) is 0 Å². The van der Waals surface area contributed by atoms with Crippen LogP contribution >= 0.6 is 0 Å². The Morgan fingerprint density at radius 2 is 2.11 bits per heavy atom. The van der Waals surface area contributed by atoms with Crippen molar-refractivity contribution in [3.63, 3.8) is 0 Å². The number of halogens is 3. The Hall–Kier alpha value is -2.65. The molecule has 1 saturated heterocycles. The fourth-order valence-corrected chi connectivity index (χ4v) is 3.19. The number of nitrogens with one attached hydrogen (secondary N) is 2. The molecule has 3 heterocycles. The summed E-state index contributed by atoms with van der Waals surface area (Å²) in [5.74, 6) is 0. The van der Waals surface area contributed by atoms with E-state index < -0.39 is 11.7 Å². The van der Waals surface area contributed by atoms with Crippen molar-refractivity contribution in [3.8, 4) is 11.1 Å². The largest absolute Gasteiger partial charge is 0.416 e. The molecule has 6 nitrogen and oxygen atoms in total. The first-order valence-corrected chi connectivity index (χ1v) is 8.50. The maximum Gasteiger partial charge on any atom is 0.416 e. The average Bonchev–Trinajstić information content (AvgIpc) is 2.97. The predicted octanol–water partition coefficient (Wildman–Crippen LogP) is 2.40. The molecule has 1 fully saturated rings. The molecule has 1 atom stereocenters. The Bertz CT molecular complexity index is 1020. The topological polar surface area (TPSA) is 71.9 Å². The van der Waals surface area contributed by atoms with Crippen LogP contribution in [0.25, 0.3) is 22.3 Å². The summed E-state index contributed by atoms with van der Waals surface area (Å²) in [6.07, 6.45) is -3.13. The van der Waals surface area contributed by atoms with E-state index in [0.717, 1.165) is 18.7 Å². The highest BCUT2D eigenvalue weighted by atomic mass is 19.4. The van der Waals surface area contributed by atoms with Crippen LogP contribution in [0.15, 0.2) is 41.3 Å². The van der Waals surface area contributed by atoms with Crippen LogP contribution < -0.4 is 11.0 Å². The third-order valence-electron chi connectivity index (χ3n) is 4.54. The molecule has 1 aliphatic rings. The molecule has 142 valence electrons. The zero-order chi connectivity index (χ0) is 19.0. The fourth-order valence-electron chi connectivity index (χ4n) is 3.19. The third-order valence-corrected chi connectivity index (χ3v) is 4.54. The van der Waals surface area contributed by atoms with Crippen LogP contribution in [0.5, 0.6) is 0 Å². The van der Waals surface area contributed by atoms with E-state index in [2.05, 4.69) is 15.3 Å². The Morgan fingerprint density at radius 1 is 1.26 bits per heavy atom. The summed E-state index contributed by atoms with van der Waals surface area (Å²) < 4.78 is 46.1. The SMILES string of the molecule is O=c1[nH]c2ncc(-c3cccc(C(F)(F)F)c3)cc2n1C[C@H]1CNCCO1. The summed E-state index contributed by atoms with van der Waals surface area (Å²) in [7, 11) is 0. The highest BCUT2D eigenvalue weighted by Gasteiger charge is 2.30. The number of aromatic nitrogens is 3. The van der Waals surface area contributed by atoms with Crippen LogP contribution in [0.4, 0.5) is 13.2 Å². The molecular weight excluding hydrogens is 361 g/mol. The number of aromatic amines is 1. The first-order chi connectivity index (χ1) is 12.9. The molecule has 0 aliphatic carbocycles. The second-order valence-corrected chi connectivity index (χ2v) is 6.41. The Kier molecular flexibility index (Phi) is 4.48. The normalized spacial score (nSPS) is 18.1. The maximum atomic E-state index is 13.0. The summed E-state index contributed by atoms with van der Waals surface area (Å²) in [5.41, 5.74) is 0.753. The van der Waals surface area contributed by atoms with Crippen LogP contribution in [0.3, 0.4) is 0 Å². The zero-order valence-corrected chi connectivity index (χ0v) is 14.2. The first kappa shape index (κ1) is 17.7. The van der Waals surface area contributed by atoms with Gasteiger partial charge in [-0.05, 0) is 23.8 Å². The third kappa shape index (κ3) is 3.60. The Labute approximate surface area is 152 Å². The van der Waals surface area contributed by atoms with Gasteiger partial charge in [0.2, 0.25) is 0 Å². The van der Waals surface area contributed by atoms with Crippen LogP contribution in [-0.4, -0.2) is 40.3 Å². The summed E-state index contributed by atoms with van der Waals surface area (Å²) in [6.45, 7) is 2.29. The number of pyridine rings is 1. The van der Waals surface area contributed by atoms with Gasteiger partial charge in [0, 0.05) is 24.8 Å². The summed E-state index contributed by atoms with van der Waals surface area (Å²) in [5, 5.41) is 3.20. The van der Waals surface area contributed by atoms with Gasteiger partial charge in [-0.15, -0.1) is 0 Å². The van der Waals surface area contributed by atoms with Crippen LogP contribution in [0.1, 0.15) is 5.56 Å². The summed E-state index contributed by atoms with van der Waals surface area (Å²) in [6, 6.07) is 6.71. The molecule has 3 aromatic rings. The van der Waals surface area contributed by atoms with Crippen molar-refractivity contribution < 1.29 is 17.9 Å². The molecule has 0 saturated carbocycles. The van der Waals surface area contributed by atoms with Gasteiger partial charge in [-0.1, -0.05) is 12.1 Å². The van der Waals surface area contributed by atoms with Gasteiger partial charge in [0.05, 0.1) is 30.3 Å². The summed E-state index contributed by atoms with van der Waals surface area (Å²) >= 11 is 0. The van der Waals surface area contributed by atoms with Crippen molar-refractivity contribution in [2.24, 2.45) is 0 Å². The minimum Gasteiger partial charge on any atom is -0.374 e. The van der Waals surface area contributed by atoms with E-state index in [4.69, 9.17) is 4.74 Å². The van der Waals surface area contributed by atoms with Gasteiger partial charge in [0.1, 0.15) is 0 Å². The Balaban J connectivity index is 1.73. The molecule has 9 heteroatoms. The standard InChI is InChI=1S/C18H17F3N4O2/c19-18(20,21)13-3-1-2-11(6-13)12-7-15-16(23-8-12)24-17(26)25(15)10-14-9-22-4-5-27-14/h1-3,6-8,14,22H,4-5,9-10H2,(H,23,24,26)/t14-/m1/s1. The van der Waals surface area contributed by atoms with Gasteiger partial charge in [0.15, 0.2) is 5.65 Å². The fraction of sp³-hybridized carbons (Fsp3) is 0.333. The van der Waals surface area contributed by atoms with Crippen molar-refractivity contribution in [1.82, 2.24) is 19.9 Å². The average molecular weight is 378 g/mol. The molecule has 2 aromatic heterocycles. The second kappa shape index (κ2) is 6.82. The number of nitrogens with zero attached hydrogens (tertiary/aromatic N) is 2. The van der Waals surface area contributed by atoms with E-state index in [9.17, 15) is 18.0 Å². The summed E-state index contributed by atoms with van der Waals surface area (Å²) in [4.78, 5) is 19.2. The molecule has 4 rings (SSSR count). The quantitative estimate of drug-likeness (QED) is 0.734. The van der Waals surface area contributed by atoms with Gasteiger partial charge in [-0.2, -0.15) is 13.2 Å². The number of H-pyrrole nitrogens is 1. The molecule has 27 heavy (non-hydrogen) atoms. The number of hydrogen-bond acceptors (Lipinski definition) is 4. The number of benzene rings is 1. The van der Waals surface area contributed by atoms with Crippen molar-refractivity contribution in [3.05, 3.63) is 52.6 Å². The smallest absolute Gasteiger partial charge is 0.374 e. The number of morpholine rings is 1. The number of hydrogen-bond donors (Lipinski definition) is 2. The number of fused-ring (bicyclic) bond motifs is 1. The minimum absolute atomic E-state index is 0.160. The highest BCUT2D eigenvalue weighted by molar-refractivity contribution is 5.78. The molecule has 1 aliphatic heterocycles. The van der Waals surface area contributed by atoms with Gasteiger partial charge in [-0.3, -0.25) is 9.55 Å². The van der Waals surface area contributed by atoms with Crippen LogP contribution in [-0.2, 0) is 17.5 Å². The molecule has 0 spiro atoms. The van der Waals surface area contributed by atoms with Crippen molar-refractivity contribution >= 4 is 11.2 Å². The van der Waals surface area contributed by atoms with Crippen molar-refractivity contribution in [2.45, 2.75) is 18.8 Å². The zero-order valence-electron chi connectivity index (χ0n) is 14.2. The van der Waals surface area contributed by atoms with E-state index in [0.29, 0.717) is 42.0 Å². The van der Waals surface area contributed by atoms with E-state index in [1.807, 2.05) is 0 Å². The minimum atomic E-state index is -4.42. The van der Waals surface area contributed by atoms with Gasteiger partial charge >= 0.3 is 11.9 Å². The lowest BCUT2D eigenvalue weighted by Crippen LogP contribution is -2.42. The monoisotopic (exact) mass is 378 g/mol.